The Hall–Kier alpha value is -2.42. The minimum Gasteiger partial charge on any atom is -0.372 e. The van der Waals surface area contributed by atoms with Gasteiger partial charge >= 0.3 is 0 Å². The highest BCUT2D eigenvalue weighted by molar-refractivity contribution is 7.99. The predicted molar refractivity (Wildman–Crippen MR) is 122 cm³/mol. The van der Waals surface area contributed by atoms with E-state index in [2.05, 4.69) is 30.6 Å². The smallest absolute Gasteiger partial charge is 0.268 e. The number of nitrogens with zero attached hydrogens (tertiary/aromatic N) is 4. The Morgan fingerprint density at radius 1 is 1.33 bits per heavy atom. The SMILES string of the molecule is C=CCSc1nnc2n(-c3ccccc3)c(=O)c3c4c(sc3n12)CO[C@@H](C(C)C)C4. The van der Waals surface area contributed by atoms with E-state index < -0.39 is 0 Å². The Labute approximate surface area is 182 Å². The highest BCUT2D eigenvalue weighted by atomic mass is 32.2. The lowest BCUT2D eigenvalue weighted by Gasteiger charge is -2.26. The molecule has 1 aliphatic heterocycles. The van der Waals surface area contributed by atoms with Gasteiger partial charge < -0.3 is 4.74 Å². The van der Waals surface area contributed by atoms with Crippen molar-refractivity contribution >= 4 is 39.1 Å². The van der Waals surface area contributed by atoms with Crippen molar-refractivity contribution in [2.75, 3.05) is 5.75 Å². The predicted octanol–water partition coefficient (Wildman–Crippen LogP) is 4.47. The Bertz CT molecular complexity index is 1300. The number of thiophene rings is 1. The van der Waals surface area contributed by atoms with Crippen LogP contribution in [0.1, 0.15) is 24.3 Å². The Morgan fingerprint density at radius 3 is 2.87 bits per heavy atom. The number of ether oxygens (including phenoxy) is 1. The molecule has 4 heterocycles. The number of hydrogen-bond acceptors (Lipinski definition) is 6. The summed E-state index contributed by atoms with van der Waals surface area (Å²) in [5.74, 6) is 1.64. The molecule has 0 spiro atoms. The highest BCUT2D eigenvalue weighted by Gasteiger charge is 2.30. The van der Waals surface area contributed by atoms with Crippen LogP contribution in [0.3, 0.4) is 0 Å². The molecular weight excluding hydrogens is 416 g/mol. The normalized spacial score (nSPS) is 16.4. The Kier molecular flexibility index (Phi) is 5.00. The van der Waals surface area contributed by atoms with Crippen LogP contribution in [0, 0.1) is 5.92 Å². The van der Waals surface area contributed by atoms with Crippen molar-refractivity contribution in [3.63, 3.8) is 0 Å². The molecule has 30 heavy (non-hydrogen) atoms. The molecule has 0 N–H and O–H groups in total. The van der Waals surface area contributed by atoms with Gasteiger partial charge in [0.25, 0.3) is 5.56 Å². The average molecular weight is 439 g/mol. The van der Waals surface area contributed by atoms with Crippen LogP contribution in [-0.2, 0) is 17.8 Å². The van der Waals surface area contributed by atoms with Crippen molar-refractivity contribution in [2.24, 2.45) is 5.92 Å². The summed E-state index contributed by atoms with van der Waals surface area (Å²) in [5, 5.41) is 10.3. The number of aromatic nitrogens is 4. The summed E-state index contributed by atoms with van der Waals surface area (Å²) < 4.78 is 9.78. The Morgan fingerprint density at radius 2 is 2.13 bits per heavy atom. The van der Waals surface area contributed by atoms with Crippen molar-refractivity contribution in [3.8, 4) is 5.69 Å². The zero-order valence-corrected chi connectivity index (χ0v) is 18.5. The molecule has 4 aromatic rings. The van der Waals surface area contributed by atoms with E-state index in [-0.39, 0.29) is 11.7 Å². The third-order valence-corrected chi connectivity index (χ3v) is 7.55. The molecule has 6 nitrogen and oxygen atoms in total. The topological polar surface area (TPSA) is 61.4 Å². The van der Waals surface area contributed by atoms with Crippen molar-refractivity contribution in [2.45, 2.75) is 38.1 Å². The van der Waals surface area contributed by atoms with E-state index >= 15 is 0 Å². The Balaban J connectivity index is 1.86. The zero-order valence-electron chi connectivity index (χ0n) is 16.9. The van der Waals surface area contributed by atoms with Gasteiger partial charge in [-0.15, -0.1) is 28.1 Å². The summed E-state index contributed by atoms with van der Waals surface area (Å²) in [7, 11) is 0. The van der Waals surface area contributed by atoms with Gasteiger partial charge in [-0.05, 0) is 23.6 Å². The van der Waals surface area contributed by atoms with Crippen molar-refractivity contribution in [1.29, 1.82) is 0 Å². The van der Waals surface area contributed by atoms with Gasteiger partial charge in [0.15, 0.2) is 5.16 Å². The van der Waals surface area contributed by atoms with Gasteiger partial charge in [0, 0.05) is 17.1 Å². The van der Waals surface area contributed by atoms with Crippen molar-refractivity contribution < 1.29 is 4.74 Å². The van der Waals surface area contributed by atoms with Gasteiger partial charge in [-0.25, -0.2) is 8.97 Å². The summed E-state index contributed by atoms with van der Waals surface area (Å²) in [6, 6.07) is 9.65. The molecule has 0 bridgehead atoms. The van der Waals surface area contributed by atoms with E-state index in [0.717, 1.165) is 43.7 Å². The monoisotopic (exact) mass is 438 g/mol. The third kappa shape index (κ3) is 3.02. The van der Waals surface area contributed by atoms with Gasteiger partial charge in [0.1, 0.15) is 4.83 Å². The molecule has 0 radical (unpaired) electrons. The van der Waals surface area contributed by atoms with Crippen LogP contribution in [0.25, 0.3) is 21.7 Å². The lowest BCUT2D eigenvalue weighted by Crippen LogP contribution is -2.28. The molecule has 154 valence electrons. The second kappa shape index (κ2) is 7.68. The molecule has 1 atom stereocenters. The van der Waals surface area contributed by atoms with Gasteiger partial charge in [-0.2, -0.15) is 0 Å². The minimum absolute atomic E-state index is 0.0433. The molecule has 0 aliphatic carbocycles. The number of rotatable bonds is 5. The summed E-state index contributed by atoms with van der Waals surface area (Å²) in [4.78, 5) is 15.8. The molecule has 0 saturated heterocycles. The second-order valence-corrected chi connectivity index (χ2v) is 9.75. The lowest BCUT2D eigenvalue weighted by molar-refractivity contribution is 0.00200. The summed E-state index contributed by atoms with van der Waals surface area (Å²) >= 11 is 3.18. The first-order chi connectivity index (χ1) is 14.6. The van der Waals surface area contributed by atoms with Crippen molar-refractivity contribution in [3.05, 3.63) is 63.8 Å². The largest absolute Gasteiger partial charge is 0.372 e. The van der Waals surface area contributed by atoms with Crippen LogP contribution < -0.4 is 5.56 Å². The molecule has 0 fully saturated rings. The molecule has 0 unspecified atom stereocenters. The fourth-order valence-electron chi connectivity index (χ4n) is 3.90. The van der Waals surface area contributed by atoms with E-state index in [0.29, 0.717) is 18.3 Å². The van der Waals surface area contributed by atoms with Gasteiger partial charge in [0.2, 0.25) is 5.78 Å². The number of thioether (sulfide) groups is 1. The van der Waals surface area contributed by atoms with Crippen LogP contribution in [0.4, 0.5) is 0 Å². The van der Waals surface area contributed by atoms with E-state index in [1.807, 2.05) is 40.8 Å². The first-order valence-corrected chi connectivity index (χ1v) is 11.8. The molecule has 1 aromatic carbocycles. The van der Waals surface area contributed by atoms with E-state index in [1.165, 1.54) is 0 Å². The number of para-hydroxylation sites is 1. The van der Waals surface area contributed by atoms with Gasteiger partial charge in [-0.3, -0.25) is 4.79 Å². The molecule has 3 aromatic heterocycles. The van der Waals surface area contributed by atoms with Crippen LogP contribution in [0.15, 0.2) is 52.9 Å². The van der Waals surface area contributed by atoms with Gasteiger partial charge in [-0.1, -0.05) is 49.9 Å². The van der Waals surface area contributed by atoms with Crippen LogP contribution in [0.5, 0.6) is 0 Å². The first-order valence-electron chi connectivity index (χ1n) is 9.95. The summed E-state index contributed by atoms with van der Waals surface area (Å²) in [5.41, 5.74) is 1.86. The molecular formula is C22H22N4O2S2. The number of benzene rings is 1. The van der Waals surface area contributed by atoms with Crippen LogP contribution in [-0.4, -0.2) is 31.0 Å². The molecule has 0 saturated carbocycles. The molecule has 8 heteroatoms. The standard InChI is InChI=1S/C22H22N4O2S2/c1-4-10-29-22-24-23-21-25(14-8-6-5-7-9-14)19(27)18-15-11-16(13(2)3)28-12-17(15)30-20(18)26(21)22/h4-9,13,16H,1,10-12H2,2-3H3/t16-/m1/s1. The summed E-state index contributed by atoms with van der Waals surface area (Å²) in [6.07, 6.45) is 2.71. The van der Waals surface area contributed by atoms with Crippen molar-refractivity contribution in [1.82, 2.24) is 19.2 Å². The first kappa shape index (κ1) is 19.5. The number of fused-ring (bicyclic) bond motifs is 5. The van der Waals surface area contributed by atoms with Gasteiger partial charge in [0.05, 0.1) is 23.8 Å². The van der Waals surface area contributed by atoms with E-state index in [1.54, 1.807) is 27.7 Å². The molecule has 5 rings (SSSR count). The maximum Gasteiger partial charge on any atom is 0.268 e. The lowest BCUT2D eigenvalue weighted by atomic mass is 9.96. The maximum absolute atomic E-state index is 13.8. The van der Waals surface area contributed by atoms with E-state index in [9.17, 15) is 4.79 Å². The minimum atomic E-state index is -0.0433. The average Bonchev–Trinajstić information content (AvgIpc) is 3.34. The van der Waals surface area contributed by atoms with Crippen LogP contribution >= 0.6 is 23.1 Å². The zero-order chi connectivity index (χ0) is 20.8. The molecule has 0 amide bonds. The highest BCUT2D eigenvalue weighted by Crippen LogP contribution is 2.37. The quantitative estimate of drug-likeness (QED) is 0.340. The fraction of sp³-hybridized carbons (Fsp3) is 0.318. The molecule has 1 aliphatic rings. The maximum atomic E-state index is 13.8. The van der Waals surface area contributed by atoms with Crippen LogP contribution in [0.2, 0.25) is 0 Å². The number of hydrogen-bond donors (Lipinski definition) is 0. The van der Waals surface area contributed by atoms with E-state index in [4.69, 9.17) is 4.74 Å². The fourth-order valence-corrected chi connectivity index (χ4v) is 5.87. The summed E-state index contributed by atoms with van der Waals surface area (Å²) in [6.45, 7) is 8.68. The second-order valence-electron chi connectivity index (χ2n) is 7.68. The third-order valence-electron chi connectivity index (χ3n) is 5.43.